The molecule has 156 valence electrons. The Morgan fingerprint density at radius 3 is 2.53 bits per heavy atom. The zero-order valence-corrected chi connectivity index (χ0v) is 18.9. The molecule has 0 aliphatic carbocycles. The van der Waals surface area contributed by atoms with Crippen LogP contribution >= 0.6 is 11.3 Å². The van der Waals surface area contributed by atoms with E-state index in [1.807, 2.05) is 44.4 Å². The van der Waals surface area contributed by atoms with Crippen molar-refractivity contribution in [3.05, 3.63) is 57.7 Å². The largest absolute Gasteiger partial charge is 0.460 e. The average molecular weight is 424 g/mol. The van der Waals surface area contributed by atoms with Gasteiger partial charge >= 0.3 is 5.97 Å². The van der Waals surface area contributed by atoms with Gasteiger partial charge in [0.1, 0.15) is 22.5 Å². The van der Waals surface area contributed by atoms with Crippen molar-refractivity contribution >= 4 is 23.0 Å². The van der Waals surface area contributed by atoms with Crippen LogP contribution in [0.15, 0.2) is 29.5 Å². The predicted molar refractivity (Wildman–Crippen MR) is 117 cm³/mol. The van der Waals surface area contributed by atoms with Gasteiger partial charge in [-0.1, -0.05) is 0 Å². The molecule has 0 saturated carbocycles. The molecule has 1 aliphatic rings. The lowest BCUT2D eigenvalue weighted by Gasteiger charge is -2.21. The molecule has 0 aromatic carbocycles. The first-order valence-corrected chi connectivity index (χ1v) is 10.7. The topological polar surface area (TPSA) is 82.3 Å². The maximum Gasteiger partial charge on any atom is 0.308 e. The van der Waals surface area contributed by atoms with E-state index in [2.05, 4.69) is 29.0 Å². The highest BCUT2D eigenvalue weighted by Crippen LogP contribution is 2.39. The Labute approximate surface area is 179 Å². The second-order valence-corrected chi connectivity index (χ2v) is 9.63. The highest BCUT2D eigenvalue weighted by atomic mass is 32.1. The normalized spacial score (nSPS) is 15.8. The molecule has 30 heavy (non-hydrogen) atoms. The van der Waals surface area contributed by atoms with Gasteiger partial charge in [-0.15, -0.1) is 21.5 Å². The zero-order chi connectivity index (χ0) is 21.6. The Bertz CT molecular complexity index is 1140. The number of thiophene rings is 1. The van der Waals surface area contributed by atoms with E-state index in [1.54, 1.807) is 23.7 Å². The summed E-state index contributed by atoms with van der Waals surface area (Å²) in [5.74, 6) is 1.12. The number of aliphatic imine (C=N–C) groups is 1. The van der Waals surface area contributed by atoms with Gasteiger partial charge in [-0.25, -0.2) is 0 Å². The van der Waals surface area contributed by atoms with Crippen molar-refractivity contribution in [1.82, 2.24) is 19.7 Å². The molecular weight excluding hydrogens is 398 g/mol. The molecule has 3 aromatic rings. The molecule has 3 aromatic heterocycles. The van der Waals surface area contributed by atoms with Gasteiger partial charge in [-0.2, -0.15) is 0 Å². The summed E-state index contributed by atoms with van der Waals surface area (Å²) in [6.07, 6.45) is 3.60. The number of nitrogens with zero attached hydrogens (tertiary/aromatic N) is 5. The number of rotatable bonds is 3. The Hall–Kier alpha value is -2.87. The van der Waals surface area contributed by atoms with Crippen LogP contribution in [0.3, 0.4) is 0 Å². The number of ether oxygens (including phenoxy) is 1. The summed E-state index contributed by atoms with van der Waals surface area (Å²) < 4.78 is 7.61. The maximum absolute atomic E-state index is 12.7. The molecule has 4 heterocycles. The smallest absolute Gasteiger partial charge is 0.308 e. The van der Waals surface area contributed by atoms with E-state index >= 15 is 0 Å². The van der Waals surface area contributed by atoms with Crippen LogP contribution in [0.25, 0.3) is 5.00 Å². The first-order chi connectivity index (χ1) is 14.2. The number of carbonyl (C=O) groups excluding carboxylic acids is 1. The Morgan fingerprint density at radius 1 is 1.17 bits per heavy atom. The van der Waals surface area contributed by atoms with Crippen molar-refractivity contribution in [2.75, 3.05) is 0 Å². The molecule has 0 bridgehead atoms. The highest BCUT2D eigenvalue weighted by molar-refractivity contribution is 7.15. The fraction of sp³-hybridized carbons (Fsp3) is 0.409. The van der Waals surface area contributed by atoms with E-state index in [0.717, 1.165) is 27.7 Å². The van der Waals surface area contributed by atoms with Crippen LogP contribution in [-0.2, 0) is 9.53 Å². The summed E-state index contributed by atoms with van der Waals surface area (Å²) in [4.78, 5) is 23.1. The van der Waals surface area contributed by atoms with Gasteiger partial charge in [0.25, 0.3) is 0 Å². The Balaban J connectivity index is 1.91. The van der Waals surface area contributed by atoms with Gasteiger partial charge in [-0.3, -0.25) is 19.3 Å². The van der Waals surface area contributed by atoms with Gasteiger partial charge in [0, 0.05) is 28.4 Å². The zero-order valence-electron chi connectivity index (χ0n) is 18.1. The van der Waals surface area contributed by atoms with Gasteiger partial charge in [-0.05, 0) is 59.2 Å². The molecule has 1 aliphatic heterocycles. The molecule has 7 nitrogen and oxygen atoms in total. The van der Waals surface area contributed by atoms with Crippen molar-refractivity contribution in [1.29, 1.82) is 0 Å². The summed E-state index contributed by atoms with van der Waals surface area (Å²) in [6.45, 7) is 11.7. The number of esters is 1. The molecular formula is C22H25N5O2S. The summed E-state index contributed by atoms with van der Waals surface area (Å²) in [5.41, 5.74) is 3.46. The lowest BCUT2D eigenvalue weighted by molar-refractivity contribution is -0.155. The van der Waals surface area contributed by atoms with E-state index < -0.39 is 11.6 Å². The lowest BCUT2D eigenvalue weighted by atomic mass is 10.0. The molecule has 0 radical (unpaired) electrons. The fourth-order valence-electron chi connectivity index (χ4n) is 3.58. The van der Waals surface area contributed by atoms with Crippen LogP contribution in [0.1, 0.15) is 66.5 Å². The van der Waals surface area contributed by atoms with Crippen LogP contribution in [0.2, 0.25) is 0 Å². The summed E-state index contributed by atoms with van der Waals surface area (Å²) in [5, 5.41) is 9.73. The molecule has 4 rings (SSSR count). The number of aromatic nitrogens is 4. The van der Waals surface area contributed by atoms with E-state index in [0.29, 0.717) is 5.82 Å². The minimum atomic E-state index is -0.560. The molecule has 0 N–H and O–H groups in total. The molecule has 0 unspecified atom stereocenters. The van der Waals surface area contributed by atoms with Crippen molar-refractivity contribution < 1.29 is 9.53 Å². The van der Waals surface area contributed by atoms with Crippen LogP contribution in [0.4, 0.5) is 0 Å². The van der Waals surface area contributed by atoms with Gasteiger partial charge < -0.3 is 4.74 Å². The number of hydrogen-bond donors (Lipinski definition) is 0. The third-order valence-corrected chi connectivity index (χ3v) is 6.17. The lowest BCUT2D eigenvalue weighted by Crippen LogP contribution is -2.25. The second kappa shape index (κ2) is 7.43. The first-order valence-electron chi connectivity index (χ1n) is 9.88. The van der Waals surface area contributed by atoms with Crippen molar-refractivity contribution in [3.8, 4) is 5.00 Å². The van der Waals surface area contributed by atoms with Crippen LogP contribution in [0, 0.1) is 20.8 Å². The minimum Gasteiger partial charge on any atom is -0.460 e. The minimum absolute atomic E-state index is 0.0942. The molecule has 0 fully saturated rings. The number of pyridine rings is 1. The number of carbonyl (C=O) groups is 1. The van der Waals surface area contributed by atoms with E-state index in [9.17, 15) is 4.79 Å². The van der Waals surface area contributed by atoms with Crippen molar-refractivity contribution in [2.45, 2.75) is 59.6 Å². The molecule has 1 atom stereocenters. The molecule has 0 spiro atoms. The molecule has 0 amide bonds. The van der Waals surface area contributed by atoms with Gasteiger partial charge in [0.15, 0.2) is 5.82 Å². The van der Waals surface area contributed by atoms with Crippen LogP contribution in [0.5, 0.6) is 0 Å². The summed E-state index contributed by atoms with van der Waals surface area (Å²) >= 11 is 1.69. The number of hydrogen-bond acceptors (Lipinski definition) is 7. The highest BCUT2D eigenvalue weighted by Gasteiger charge is 2.33. The summed E-state index contributed by atoms with van der Waals surface area (Å²) in [7, 11) is 0. The third kappa shape index (κ3) is 3.67. The van der Waals surface area contributed by atoms with Crippen molar-refractivity contribution in [3.63, 3.8) is 0 Å². The van der Waals surface area contributed by atoms with E-state index in [1.165, 1.54) is 10.4 Å². The monoisotopic (exact) mass is 423 g/mol. The van der Waals surface area contributed by atoms with Gasteiger partial charge in [0.2, 0.25) is 0 Å². The van der Waals surface area contributed by atoms with Crippen LogP contribution < -0.4 is 0 Å². The van der Waals surface area contributed by atoms with Crippen LogP contribution in [-0.4, -0.2) is 37.0 Å². The third-order valence-electron chi connectivity index (χ3n) is 4.97. The SMILES string of the molecule is Cc1sc2c(c1C)C(c1ccncc1)=N[C@@H](CC(=O)OC(C)(C)C)c1nnc(C)n1-2. The Morgan fingerprint density at radius 2 is 1.87 bits per heavy atom. The molecule has 8 heteroatoms. The molecule has 0 saturated heterocycles. The fourth-order valence-corrected chi connectivity index (χ4v) is 4.79. The summed E-state index contributed by atoms with van der Waals surface area (Å²) in [6, 6.07) is 3.39. The van der Waals surface area contributed by atoms with E-state index in [4.69, 9.17) is 9.73 Å². The predicted octanol–water partition coefficient (Wildman–Crippen LogP) is 4.27. The van der Waals surface area contributed by atoms with E-state index in [-0.39, 0.29) is 12.4 Å². The van der Waals surface area contributed by atoms with Crippen molar-refractivity contribution in [2.24, 2.45) is 4.99 Å². The quantitative estimate of drug-likeness (QED) is 0.588. The average Bonchev–Trinajstić information content (AvgIpc) is 3.13. The van der Waals surface area contributed by atoms with Gasteiger partial charge in [0.05, 0.1) is 12.1 Å². The number of aryl methyl sites for hydroxylation is 2. The first kappa shape index (κ1) is 20.4. The number of fused-ring (bicyclic) bond motifs is 3. The Kier molecular flexibility index (Phi) is 5.05. The second-order valence-electron chi connectivity index (χ2n) is 8.42. The maximum atomic E-state index is 12.7. The standard InChI is InChI=1S/C22H25N5O2S/c1-12-13(2)30-21-18(12)19(15-7-9-23-10-8-15)24-16(11-17(28)29-22(4,5)6)20-26-25-14(3)27(20)21/h7-10,16H,11H2,1-6H3/t16-/m0/s1.